The Morgan fingerprint density at radius 2 is 2.36 bits per heavy atom. The molecule has 0 saturated carbocycles. The Hall–Kier alpha value is -1.30. The van der Waals surface area contributed by atoms with Crippen LogP contribution < -0.4 is 0 Å². The van der Waals surface area contributed by atoms with E-state index in [0.717, 1.165) is 0 Å². The van der Waals surface area contributed by atoms with Gasteiger partial charge < -0.3 is 4.42 Å². The van der Waals surface area contributed by atoms with Gasteiger partial charge in [0.1, 0.15) is 0 Å². The minimum absolute atomic E-state index is 0.455. The van der Waals surface area contributed by atoms with Crippen molar-refractivity contribution in [2.24, 2.45) is 4.99 Å². The molecule has 0 aliphatic rings. The average molecular weight is 212 g/mol. The maximum Gasteiger partial charge on any atom is 0.249 e. The van der Waals surface area contributed by atoms with E-state index in [0.29, 0.717) is 10.4 Å². The van der Waals surface area contributed by atoms with Gasteiger partial charge in [-0.2, -0.15) is 0 Å². The van der Waals surface area contributed by atoms with Crippen LogP contribution in [0.25, 0.3) is 0 Å². The van der Waals surface area contributed by atoms with Crippen molar-refractivity contribution >= 4 is 22.0 Å². The number of nitrogens with zero attached hydrogens (tertiary/aromatic N) is 1. The van der Waals surface area contributed by atoms with E-state index < -0.39 is 0 Å². The standard InChI is InChI=1S/C7H2BrNO2/c8-7-2-1-6(11-7)3-4-9-5-10/h1-2H. The second kappa shape index (κ2) is 3.77. The van der Waals surface area contributed by atoms with Gasteiger partial charge in [-0.25, -0.2) is 4.79 Å². The summed E-state index contributed by atoms with van der Waals surface area (Å²) in [6.45, 7) is 0. The van der Waals surface area contributed by atoms with Crippen LogP contribution in [0.5, 0.6) is 0 Å². The van der Waals surface area contributed by atoms with Gasteiger partial charge in [0, 0.05) is 0 Å². The van der Waals surface area contributed by atoms with Crippen molar-refractivity contribution in [3.05, 3.63) is 22.6 Å². The lowest BCUT2D eigenvalue weighted by Crippen LogP contribution is -1.60. The summed E-state index contributed by atoms with van der Waals surface area (Å²) in [4.78, 5) is 12.6. The molecule has 4 heteroatoms. The lowest BCUT2D eigenvalue weighted by molar-refractivity contribution is 0.529. The fourth-order valence-electron chi connectivity index (χ4n) is 0.487. The van der Waals surface area contributed by atoms with Crippen LogP contribution in [0, 0.1) is 12.0 Å². The molecule has 0 bridgehead atoms. The molecule has 0 N–H and O–H groups in total. The van der Waals surface area contributed by atoms with Crippen LogP contribution in [-0.4, -0.2) is 6.08 Å². The molecule has 0 radical (unpaired) electrons. The third-order valence-electron chi connectivity index (χ3n) is 0.854. The van der Waals surface area contributed by atoms with E-state index in [-0.39, 0.29) is 0 Å². The van der Waals surface area contributed by atoms with Crippen LogP contribution in [0.2, 0.25) is 0 Å². The van der Waals surface area contributed by atoms with Crippen LogP contribution >= 0.6 is 15.9 Å². The highest BCUT2D eigenvalue weighted by Crippen LogP contribution is 2.12. The molecule has 0 aromatic carbocycles. The van der Waals surface area contributed by atoms with E-state index in [1.165, 1.54) is 6.08 Å². The zero-order valence-electron chi connectivity index (χ0n) is 5.30. The fraction of sp³-hybridized carbons (Fsp3) is 0. The van der Waals surface area contributed by atoms with E-state index in [4.69, 9.17) is 4.42 Å². The second-order valence-electron chi connectivity index (χ2n) is 1.54. The maximum atomic E-state index is 9.57. The van der Waals surface area contributed by atoms with Crippen LogP contribution in [0.3, 0.4) is 0 Å². The van der Waals surface area contributed by atoms with E-state index >= 15 is 0 Å². The van der Waals surface area contributed by atoms with Crippen LogP contribution in [-0.2, 0) is 4.79 Å². The number of carbonyl (C=O) groups excluding carboxylic acids is 1. The van der Waals surface area contributed by atoms with Gasteiger partial charge in [-0.05, 0) is 34.0 Å². The first-order valence-electron chi connectivity index (χ1n) is 2.66. The van der Waals surface area contributed by atoms with Gasteiger partial charge >= 0.3 is 0 Å². The summed E-state index contributed by atoms with van der Waals surface area (Å²) in [5, 5.41) is 0. The third-order valence-corrected chi connectivity index (χ3v) is 1.28. The Bertz CT molecular complexity index is 352. The largest absolute Gasteiger partial charge is 0.441 e. The summed E-state index contributed by atoms with van der Waals surface area (Å²) in [5.41, 5.74) is 0. The molecule has 0 atom stereocenters. The lowest BCUT2D eigenvalue weighted by atomic mass is 10.5. The van der Waals surface area contributed by atoms with E-state index in [2.05, 4.69) is 32.9 Å². The van der Waals surface area contributed by atoms with Gasteiger partial charge in [-0.1, -0.05) is 0 Å². The molecule has 3 nitrogen and oxygen atoms in total. The molecule has 0 aliphatic carbocycles. The first kappa shape index (κ1) is 7.80. The number of hydrogen-bond donors (Lipinski definition) is 0. The molecule has 1 heterocycles. The summed E-state index contributed by atoms with van der Waals surface area (Å²) in [7, 11) is 0. The first-order valence-corrected chi connectivity index (χ1v) is 3.45. The summed E-state index contributed by atoms with van der Waals surface area (Å²) in [6, 6.07) is 5.57. The topological polar surface area (TPSA) is 42.6 Å². The summed E-state index contributed by atoms with van der Waals surface area (Å²) >= 11 is 3.10. The van der Waals surface area contributed by atoms with Crippen molar-refractivity contribution in [1.82, 2.24) is 0 Å². The third kappa shape index (κ3) is 2.42. The molecule has 0 saturated heterocycles. The van der Waals surface area contributed by atoms with Crippen molar-refractivity contribution in [2.75, 3.05) is 0 Å². The molecule has 11 heavy (non-hydrogen) atoms. The minimum atomic E-state index is 0.455. The quantitative estimate of drug-likeness (QED) is 0.373. The second-order valence-corrected chi connectivity index (χ2v) is 2.33. The summed E-state index contributed by atoms with van der Waals surface area (Å²) in [6.07, 6.45) is 1.29. The fourth-order valence-corrected chi connectivity index (χ4v) is 0.794. The Labute approximate surface area is 71.2 Å². The minimum Gasteiger partial charge on any atom is -0.441 e. The van der Waals surface area contributed by atoms with Gasteiger partial charge in [-0.15, -0.1) is 4.99 Å². The van der Waals surface area contributed by atoms with Crippen molar-refractivity contribution < 1.29 is 9.21 Å². The average Bonchev–Trinajstić information content (AvgIpc) is 2.37. The molecular formula is C7H2BrNO2. The van der Waals surface area contributed by atoms with Gasteiger partial charge in [0.15, 0.2) is 10.4 Å². The van der Waals surface area contributed by atoms with Gasteiger partial charge in [0.25, 0.3) is 0 Å². The van der Waals surface area contributed by atoms with Crippen LogP contribution in [0.15, 0.2) is 26.2 Å². The zero-order valence-corrected chi connectivity index (χ0v) is 6.88. The zero-order chi connectivity index (χ0) is 8.10. The number of isocyanates is 1. The number of hydrogen-bond acceptors (Lipinski definition) is 3. The number of halogens is 1. The van der Waals surface area contributed by atoms with Crippen molar-refractivity contribution in [3.8, 4) is 12.0 Å². The Morgan fingerprint density at radius 3 is 2.91 bits per heavy atom. The summed E-state index contributed by atoms with van der Waals surface area (Å²) in [5.74, 6) is 2.95. The number of rotatable bonds is 0. The molecule has 0 amide bonds. The van der Waals surface area contributed by atoms with Gasteiger partial charge in [-0.3, -0.25) is 0 Å². The molecule has 1 aromatic rings. The van der Waals surface area contributed by atoms with E-state index in [1.807, 2.05) is 0 Å². The van der Waals surface area contributed by atoms with Crippen LogP contribution in [0.1, 0.15) is 5.76 Å². The highest BCUT2D eigenvalue weighted by Gasteiger charge is 1.92. The highest BCUT2D eigenvalue weighted by molar-refractivity contribution is 9.10. The molecule has 54 valence electrons. The Morgan fingerprint density at radius 1 is 1.55 bits per heavy atom. The van der Waals surface area contributed by atoms with Gasteiger partial charge in [0.2, 0.25) is 6.08 Å². The molecule has 1 aromatic heterocycles. The first-order chi connectivity index (χ1) is 5.33. The van der Waals surface area contributed by atoms with Crippen molar-refractivity contribution in [1.29, 1.82) is 0 Å². The SMILES string of the molecule is O=C=NC#Cc1ccc(Br)o1. The molecular weight excluding hydrogens is 210 g/mol. The molecule has 0 unspecified atom stereocenters. The molecule has 0 spiro atoms. The predicted molar refractivity (Wildman–Crippen MR) is 41.4 cm³/mol. The molecule has 0 fully saturated rings. The van der Waals surface area contributed by atoms with E-state index in [9.17, 15) is 4.79 Å². The molecule has 1 rings (SSSR count). The Balaban J connectivity index is 2.81. The number of furan rings is 1. The monoisotopic (exact) mass is 211 g/mol. The predicted octanol–water partition coefficient (Wildman–Crippen LogP) is 1.69. The lowest BCUT2D eigenvalue weighted by Gasteiger charge is -1.75. The smallest absolute Gasteiger partial charge is 0.249 e. The Kier molecular flexibility index (Phi) is 2.67. The van der Waals surface area contributed by atoms with E-state index in [1.54, 1.807) is 12.1 Å². The summed E-state index contributed by atoms with van der Waals surface area (Å²) < 4.78 is 5.58. The molecule has 0 aliphatic heterocycles. The highest BCUT2D eigenvalue weighted by atomic mass is 79.9. The van der Waals surface area contributed by atoms with Crippen molar-refractivity contribution in [3.63, 3.8) is 0 Å². The van der Waals surface area contributed by atoms with Crippen molar-refractivity contribution in [2.45, 2.75) is 0 Å². The van der Waals surface area contributed by atoms with Gasteiger partial charge in [0.05, 0.1) is 6.04 Å². The number of aliphatic imine (C=N–C) groups is 1. The normalized spacial score (nSPS) is 7.73. The maximum absolute atomic E-state index is 9.57. The van der Waals surface area contributed by atoms with Crippen LogP contribution in [0.4, 0.5) is 0 Å².